The lowest BCUT2D eigenvalue weighted by Crippen LogP contribution is -2.16. The second-order valence-electron chi connectivity index (χ2n) is 4.03. The molecule has 0 bridgehead atoms. The van der Waals surface area contributed by atoms with Crippen LogP contribution in [0.4, 0.5) is 0 Å². The number of phenols is 2. The van der Waals surface area contributed by atoms with Crippen LogP contribution >= 0.6 is 0 Å². The number of ether oxygens (including phenoxy) is 1. The molecule has 1 aromatic heterocycles. The summed E-state index contributed by atoms with van der Waals surface area (Å²) in [6.45, 7) is 3.34. The van der Waals surface area contributed by atoms with E-state index in [0.717, 1.165) is 0 Å². The molecule has 0 aliphatic heterocycles. The van der Waals surface area contributed by atoms with Crippen LogP contribution in [-0.4, -0.2) is 27.8 Å². The standard InChI is InChI=1S/C13H13NO5/c1-3-19-13(18)9-6(2)14-12(17)11-8(16)5-4-7(15)10(9)11/h4-5,15-16H,3H2,1-2H3,(H,14,17). The second-order valence-corrected chi connectivity index (χ2v) is 4.03. The fourth-order valence-corrected chi connectivity index (χ4v) is 2.00. The molecule has 0 unspecified atom stereocenters. The lowest BCUT2D eigenvalue weighted by molar-refractivity contribution is 0.0527. The van der Waals surface area contributed by atoms with Gasteiger partial charge < -0.3 is 19.9 Å². The van der Waals surface area contributed by atoms with Crippen LogP contribution in [0.5, 0.6) is 11.5 Å². The first kappa shape index (κ1) is 12.9. The van der Waals surface area contributed by atoms with Crippen LogP contribution in [-0.2, 0) is 4.74 Å². The van der Waals surface area contributed by atoms with Gasteiger partial charge in [0.2, 0.25) is 0 Å². The van der Waals surface area contributed by atoms with Crippen LogP contribution < -0.4 is 5.56 Å². The summed E-state index contributed by atoms with van der Waals surface area (Å²) in [6.07, 6.45) is 0. The summed E-state index contributed by atoms with van der Waals surface area (Å²) < 4.78 is 4.90. The van der Waals surface area contributed by atoms with Crippen molar-refractivity contribution in [2.24, 2.45) is 0 Å². The summed E-state index contributed by atoms with van der Waals surface area (Å²) in [5.41, 5.74) is -0.254. The maximum atomic E-state index is 11.9. The fraction of sp³-hybridized carbons (Fsp3) is 0.231. The monoisotopic (exact) mass is 263 g/mol. The quantitative estimate of drug-likeness (QED) is 0.562. The van der Waals surface area contributed by atoms with Crippen molar-refractivity contribution >= 4 is 16.7 Å². The molecule has 3 N–H and O–H groups in total. The molecule has 100 valence electrons. The summed E-state index contributed by atoms with van der Waals surface area (Å²) in [5, 5.41) is 19.5. The number of aromatic amines is 1. The molecule has 0 aliphatic rings. The number of esters is 1. The van der Waals surface area contributed by atoms with Gasteiger partial charge in [-0.1, -0.05) is 0 Å². The molecule has 6 nitrogen and oxygen atoms in total. The largest absolute Gasteiger partial charge is 0.507 e. The van der Waals surface area contributed by atoms with Crippen molar-refractivity contribution in [3.63, 3.8) is 0 Å². The van der Waals surface area contributed by atoms with Crippen LogP contribution in [0.15, 0.2) is 16.9 Å². The van der Waals surface area contributed by atoms with Crippen LogP contribution in [0, 0.1) is 6.92 Å². The number of aryl methyl sites for hydroxylation is 1. The van der Waals surface area contributed by atoms with Crippen molar-refractivity contribution in [3.05, 3.63) is 33.7 Å². The number of aromatic hydroxyl groups is 2. The molecule has 1 aromatic carbocycles. The number of H-pyrrole nitrogens is 1. The van der Waals surface area contributed by atoms with Gasteiger partial charge in [-0.2, -0.15) is 0 Å². The van der Waals surface area contributed by atoms with E-state index in [9.17, 15) is 19.8 Å². The average molecular weight is 263 g/mol. The maximum absolute atomic E-state index is 11.9. The van der Waals surface area contributed by atoms with E-state index in [1.807, 2.05) is 0 Å². The Hall–Kier alpha value is -2.50. The number of aromatic nitrogens is 1. The topological polar surface area (TPSA) is 99.6 Å². The molecular formula is C13H13NO5. The molecule has 2 aromatic rings. The lowest BCUT2D eigenvalue weighted by atomic mass is 10.0. The maximum Gasteiger partial charge on any atom is 0.340 e. The Kier molecular flexibility index (Phi) is 3.16. The van der Waals surface area contributed by atoms with E-state index in [-0.39, 0.29) is 40.1 Å². The number of pyridine rings is 1. The Morgan fingerprint density at radius 3 is 2.42 bits per heavy atom. The van der Waals surface area contributed by atoms with Crippen molar-refractivity contribution in [1.29, 1.82) is 0 Å². The molecule has 0 atom stereocenters. The Bertz CT molecular complexity index is 717. The molecule has 0 aliphatic carbocycles. The Morgan fingerprint density at radius 2 is 1.84 bits per heavy atom. The van der Waals surface area contributed by atoms with Gasteiger partial charge in [0.15, 0.2) is 0 Å². The van der Waals surface area contributed by atoms with Crippen LogP contribution in [0.3, 0.4) is 0 Å². The van der Waals surface area contributed by atoms with Gasteiger partial charge in [-0.15, -0.1) is 0 Å². The summed E-state index contributed by atoms with van der Waals surface area (Å²) in [7, 11) is 0. The molecule has 2 rings (SSSR count). The zero-order valence-corrected chi connectivity index (χ0v) is 10.5. The van der Waals surface area contributed by atoms with E-state index in [2.05, 4.69) is 4.98 Å². The lowest BCUT2D eigenvalue weighted by Gasteiger charge is -2.11. The van der Waals surface area contributed by atoms with Gasteiger partial charge in [-0.25, -0.2) is 4.79 Å². The SMILES string of the molecule is CCOC(=O)c1c(C)[nH]c(=O)c2c(O)ccc(O)c12. The number of rotatable bonds is 2. The predicted molar refractivity (Wildman–Crippen MR) is 68.6 cm³/mol. The molecule has 0 saturated heterocycles. The predicted octanol–water partition coefficient (Wildman–Crippen LogP) is 1.42. The Labute approximate surface area is 108 Å². The van der Waals surface area contributed by atoms with Gasteiger partial charge in [-0.05, 0) is 26.0 Å². The second kappa shape index (κ2) is 4.64. The summed E-state index contributed by atoms with van der Waals surface area (Å²) in [5.74, 6) is -1.23. The van der Waals surface area contributed by atoms with E-state index in [1.54, 1.807) is 6.92 Å². The third-order valence-electron chi connectivity index (χ3n) is 2.79. The van der Waals surface area contributed by atoms with E-state index in [1.165, 1.54) is 19.1 Å². The molecule has 6 heteroatoms. The number of fused-ring (bicyclic) bond motifs is 1. The number of hydrogen-bond acceptors (Lipinski definition) is 5. The van der Waals surface area contributed by atoms with Crippen molar-refractivity contribution in [3.8, 4) is 11.5 Å². The highest BCUT2D eigenvalue weighted by Crippen LogP contribution is 2.33. The zero-order chi connectivity index (χ0) is 14.2. The highest BCUT2D eigenvalue weighted by atomic mass is 16.5. The number of nitrogens with one attached hydrogen (secondary N) is 1. The van der Waals surface area contributed by atoms with Gasteiger partial charge >= 0.3 is 5.97 Å². The van der Waals surface area contributed by atoms with Gasteiger partial charge in [0.25, 0.3) is 5.56 Å². The molecule has 19 heavy (non-hydrogen) atoms. The fourth-order valence-electron chi connectivity index (χ4n) is 2.00. The van der Waals surface area contributed by atoms with Crippen LogP contribution in [0.1, 0.15) is 23.0 Å². The molecule has 0 amide bonds. The Balaban J connectivity index is 2.95. The highest BCUT2D eigenvalue weighted by molar-refractivity contribution is 6.09. The van der Waals surface area contributed by atoms with Crippen molar-refractivity contribution in [1.82, 2.24) is 4.98 Å². The molecule has 0 spiro atoms. The zero-order valence-electron chi connectivity index (χ0n) is 10.5. The summed E-state index contributed by atoms with van der Waals surface area (Å²) in [4.78, 5) is 26.2. The average Bonchev–Trinajstić information content (AvgIpc) is 2.33. The minimum Gasteiger partial charge on any atom is -0.507 e. The van der Waals surface area contributed by atoms with Gasteiger partial charge in [-0.3, -0.25) is 4.79 Å². The van der Waals surface area contributed by atoms with E-state index < -0.39 is 11.5 Å². The number of carbonyl (C=O) groups is 1. The minimum atomic E-state index is -0.665. The van der Waals surface area contributed by atoms with Crippen LogP contribution in [0.2, 0.25) is 0 Å². The molecule has 0 radical (unpaired) electrons. The summed E-state index contributed by atoms with van der Waals surface area (Å²) >= 11 is 0. The smallest absolute Gasteiger partial charge is 0.340 e. The van der Waals surface area contributed by atoms with Crippen molar-refractivity contribution < 1.29 is 19.7 Å². The van der Waals surface area contributed by atoms with Crippen molar-refractivity contribution in [2.45, 2.75) is 13.8 Å². The first-order chi connectivity index (χ1) is 8.97. The normalized spacial score (nSPS) is 10.6. The van der Waals surface area contributed by atoms with E-state index in [4.69, 9.17) is 4.74 Å². The number of carbonyl (C=O) groups excluding carboxylic acids is 1. The highest BCUT2D eigenvalue weighted by Gasteiger charge is 2.21. The number of benzene rings is 1. The van der Waals surface area contributed by atoms with Crippen molar-refractivity contribution in [2.75, 3.05) is 6.61 Å². The first-order valence-electron chi connectivity index (χ1n) is 5.72. The summed E-state index contributed by atoms with van der Waals surface area (Å²) in [6, 6.07) is 2.41. The van der Waals surface area contributed by atoms with Gasteiger partial charge in [0.1, 0.15) is 11.5 Å². The number of hydrogen-bond donors (Lipinski definition) is 3. The van der Waals surface area contributed by atoms with Gasteiger partial charge in [0.05, 0.1) is 17.6 Å². The third-order valence-corrected chi connectivity index (χ3v) is 2.79. The molecule has 0 saturated carbocycles. The molecule has 0 fully saturated rings. The van der Waals surface area contributed by atoms with Crippen LogP contribution in [0.25, 0.3) is 10.8 Å². The van der Waals surface area contributed by atoms with Gasteiger partial charge in [0, 0.05) is 11.1 Å². The third kappa shape index (κ3) is 2.01. The Morgan fingerprint density at radius 1 is 1.26 bits per heavy atom. The first-order valence-corrected chi connectivity index (χ1v) is 5.72. The number of phenolic OH excluding ortho intramolecular Hbond substituents is 2. The van der Waals surface area contributed by atoms with E-state index in [0.29, 0.717) is 0 Å². The molecular weight excluding hydrogens is 250 g/mol. The minimum absolute atomic E-state index is 0.000278. The van der Waals surface area contributed by atoms with E-state index >= 15 is 0 Å². The molecule has 1 heterocycles.